The zero-order valence-corrected chi connectivity index (χ0v) is 10.5. The first kappa shape index (κ1) is 12.6. The molecule has 15 heavy (non-hydrogen) atoms. The highest BCUT2D eigenvalue weighted by Crippen LogP contribution is 2.18. The van der Waals surface area contributed by atoms with Crippen molar-refractivity contribution in [2.75, 3.05) is 6.54 Å². The van der Waals surface area contributed by atoms with Crippen LogP contribution in [0.3, 0.4) is 0 Å². The number of aromatic nitrogens is 1. The number of aliphatic hydroxyl groups is 1. The van der Waals surface area contributed by atoms with Crippen molar-refractivity contribution >= 4 is 11.3 Å². The van der Waals surface area contributed by atoms with Gasteiger partial charge in [-0.2, -0.15) is 0 Å². The first-order valence-corrected chi connectivity index (χ1v) is 6.34. The molecule has 4 heteroatoms. The van der Waals surface area contributed by atoms with Crippen molar-refractivity contribution in [2.45, 2.75) is 45.3 Å². The Morgan fingerprint density at radius 2 is 2.20 bits per heavy atom. The maximum atomic E-state index is 10.1. The van der Waals surface area contributed by atoms with E-state index >= 15 is 0 Å². The number of thiazole rings is 1. The van der Waals surface area contributed by atoms with Crippen LogP contribution >= 0.6 is 11.3 Å². The second kappa shape index (κ2) is 5.58. The van der Waals surface area contributed by atoms with Crippen LogP contribution in [0.15, 0.2) is 11.6 Å². The standard InChI is InChI=1S/C11H20N2OS/c1-4-11(14,5-2)8-13-9(3)10-12-6-7-15-10/h6-7,9,13-14H,4-5,8H2,1-3H3. The van der Waals surface area contributed by atoms with Crippen LogP contribution in [0.25, 0.3) is 0 Å². The topological polar surface area (TPSA) is 45.1 Å². The molecule has 1 aromatic heterocycles. The molecule has 2 N–H and O–H groups in total. The van der Waals surface area contributed by atoms with E-state index in [4.69, 9.17) is 0 Å². The Kier molecular flexibility index (Phi) is 4.70. The van der Waals surface area contributed by atoms with E-state index in [-0.39, 0.29) is 6.04 Å². The summed E-state index contributed by atoms with van der Waals surface area (Å²) in [6.45, 7) is 6.73. The van der Waals surface area contributed by atoms with Crippen LogP contribution in [0.1, 0.15) is 44.7 Å². The Morgan fingerprint density at radius 3 is 2.67 bits per heavy atom. The minimum atomic E-state index is -0.578. The van der Waals surface area contributed by atoms with Gasteiger partial charge in [0.2, 0.25) is 0 Å². The third kappa shape index (κ3) is 3.55. The Bertz CT molecular complexity index is 270. The first-order chi connectivity index (χ1) is 7.11. The summed E-state index contributed by atoms with van der Waals surface area (Å²) >= 11 is 1.64. The molecule has 3 nitrogen and oxygen atoms in total. The van der Waals surface area contributed by atoms with E-state index < -0.39 is 5.60 Å². The molecule has 1 unspecified atom stereocenters. The molecule has 0 saturated carbocycles. The fourth-order valence-corrected chi connectivity index (χ4v) is 2.05. The van der Waals surface area contributed by atoms with E-state index in [1.807, 2.05) is 25.4 Å². The van der Waals surface area contributed by atoms with Gasteiger partial charge >= 0.3 is 0 Å². The molecule has 0 aromatic carbocycles. The summed E-state index contributed by atoms with van der Waals surface area (Å²) in [5.41, 5.74) is -0.578. The summed E-state index contributed by atoms with van der Waals surface area (Å²) in [7, 11) is 0. The van der Waals surface area contributed by atoms with E-state index in [0.29, 0.717) is 6.54 Å². The Hall–Kier alpha value is -0.450. The van der Waals surface area contributed by atoms with Crippen LogP contribution in [0, 0.1) is 0 Å². The molecule has 0 aliphatic heterocycles. The van der Waals surface area contributed by atoms with Gasteiger partial charge < -0.3 is 10.4 Å². The lowest BCUT2D eigenvalue weighted by atomic mass is 9.97. The highest BCUT2D eigenvalue weighted by molar-refractivity contribution is 7.09. The zero-order chi connectivity index (χ0) is 11.3. The van der Waals surface area contributed by atoms with Crippen LogP contribution in [0.2, 0.25) is 0 Å². The Morgan fingerprint density at radius 1 is 1.53 bits per heavy atom. The van der Waals surface area contributed by atoms with E-state index in [0.717, 1.165) is 17.8 Å². The van der Waals surface area contributed by atoms with Crippen LogP contribution in [0.4, 0.5) is 0 Å². The van der Waals surface area contributed by atoms with Crippen molar-refractivity contribution < 1.29 is 5.11 Å². The molecule has 1 aromatic rings. The summed E-state index contributed by atoms with van der Waals surface area (Å²) in [6, 6.07) is 0.217. The van der Waals surface area contributed by atoms with Gasteiger partial charge in [0.25, 0.3) is 0 Å². The summed E-state index contributed by atoms with van der Waals surface area (Å²) in [5, 5.41) is 16.5. The predicted octanol–water partition coefficient (Wildman–Crippen LogP) is 2.34. The fraction of sp³-hybridized carbons (Fsp3) is 0.727. The van der Waals surface area contributed by atoms with Crippen molar-refractivity contribution in [2.24, 2.45) is 0 Å². The smallest absolute Gasteiger partial charge is 0.109 e. The third-order valence-electron chi connectivity index (χ3n) is 2.88. The lowest BCUT2D eigenvalue weighted by Crippen LogP contribution is -2.40. The molecule has 0 amide bonds. The summed E-state index contributed by atoms with van der Waals surface area (Å²) in [5.74, 6) is 0. The van der Waals surface area contributed by atoms with Crippen LogP contribution < -0.4 is 5.32 Å². The van der Waals surface area contributed by atoms with Gasteiger partial charge in [-0.15, -0.1) is 11.3 Å². The van der Waals surface area contributed by atoms with Crippen LogP contribution in [-0.2, 0) is 0 Å². The average molecular weight is 228 g/mol. The Labute approximate surface area is 95.6 Å². The average Bonchev–Trinajstić information content (AvgIpc) is 2.79. The van der Waals surface area contributed by atoms with Gasteiger partial charge in [-0.25, -0.2) is 4.98 Å². The third-order valence-corrected chi connectivity index (χ3v) is 3.83. The fourth-order valence-electron chi connectivity index (χ4n) is 1.38. The van der Waals surface area contributed by atoms with Gasteiger partial charge in [0, 0.05) is 18.1 Å². The summed E-state index contributed by atoms with van der Waals surface area (Å²) in [6.07, 6.45) is 3.37. The maximum absolute atomic E-state index is 10.1. The highest BCUT2D eigenvalue weighted by Gasteiger charge is 2.22. The van der Waals surface area contributed by atoms with Gasteiger partial charge in [-0.1, -0.05) is 13.8 Å². The van der Waals surface area contributed by atoms with Crippen LogP contribution in [-0.4, -0.2) is 22.2 Å². The van der Waals surface area contributed by atoms with Crippen molar-refractivity contribution in [1.82, 2.24) is 10.3 Å². The minimum Gasteiger partial charge on any atom is -0.389 e. The maximum Gasteiger partial charge on any atom is 0.109 e. The quantitative estimate of drug-likeness (QED) is 0.785. The Balaban J connectivity index is 2.43. The van der Waals surface area contributed by atoms with Crippen molar-refractivity contribution in [3.05, 3.63) is 16.6 Å². The molecule has 0 radical (unpaired) electrons. The molecular formula is C11H20N2OS. The number of nitrogens with one attached hydrogen (secondary N) is 1. The van der Waals surface area contributed by atoms with Crippen molar-refractivity contribution in [3.63, 3.8) is 0 Å². The molecule has 0 bridgehead atoms. The number of hydrogen-bond acceptors (Lipinski definition) is 4. The zero-order valence-electron chi connectivity index (χ0n) is 9.66. The number of rotatable bonds is 6. The highest BCUT2D eigenvalue weighted by atomic mass is 32.1. The van der Waals surface area contributed by atoms with Gasteiger partial charge in [-0.05, 0) is 19.8 Å². The molecule has 0 aliphatic carbocycles. The molecule has 1 heterocycles. The number of hydrogen-bond donors (Lipinski definition) is 2. The first-order valence-electron chi connectivity index (χ1n) is 5.46. The van der Waals surface area contributed by atoms with E-state index in [2.05, 4.69) is 17.2 Å². The number of nitrogens with zero attached hydrogens (tertiary/aromatic N) is 1. The largest absolute Gasteiger partial charge is 0.389 e. The van der Waals surface area contributed by atoms with Gasteiger partial charge in [0.15, 0.2) is 0 Å². The monoisotopic (exact) mass is 228 g/mol. The molecule has 0 fully saturated rings. The van der Waals surface area contributed by atoms with E-state index in [1.54, 1.807) is 11.3 Å². The molecule has 1 rings (SSSR count). The van der Waals surface area contributed by atoms with Crippen molar-refractivity contribution in [3.8, 4) is 0 Å². The molecule has 86 valence electrons. The summed E-state index contributed by atoms with van der Waals surface area (Å²) < 4.78 is 0. The normalized spacial score (nSPS) is 14.1. The second-order valence-electron chi connectivity index (χ2n) is 3.90. The van der Waals surface area contributed by atoms with Gasteiger partial charge in [0.05, 0.1) is 11.6 Å². The molecule has 0 spiro atoms. The second-order valence-corrected chi connectivity index (χ2v) is 4.83. The van der Waals surface area contributed by atoms with Gasteiger partial charge in [-0.3, -0.25) is 0 Å². The lowest BCUT2D eigenvalue weighted by molar-refractivity contribution is 0.0303. The van der Waals surface area contributed by atoms with Gasteiger partial charge in [0.1, 0.15) is 5.01 Å². The molecular weight excluding hydrogens is 208 g/mol. The minimum absolute atomic E-state index is 0.217. The SMILES string of the molecule is CCC(O)(CC)CNC(C)c1nccs1. The van der Waals surface area contributed by atoms with Crippen molar-refractivity contribution in [1.29, 1.82) is 0 Å². The lowest BCUT2D eigenvalue weighted by Gasteiger charge is -2.27. The summed E-state index contributed by atoms with van der Waals surface area (Å²) in [4.78, 5) is 4.24. The molecule has 0 aliphatic rings. The van der Waals surface area contributed by atoms with E-state index in [9.17, 15) is 5.11 Å². The van der Waals surface area contributed by atoms with Crippen LogP contribution in [0.5, 0.6) is 0 Å². The molecule has 0 saturated heterocycles. The molecule has 1 atom stereocenters. The predicted molar refractivity (Wildman–Crippen MR) is 64.1 cm³/mol. The van der Waals surface area contributed by atoms with E-state index in [1.165, 1.54) is 0 Å².